The van der Waals surface area contributed by atoms with Crippen LogP contribution < -0.4 is 0 Å². The molecular weight excluding hydrogens is 228 g/mol. The van der Waals surface area contributed by atoms with Crippen LogP contribution >= 0.6 is 15.9 Å². The zero-order valence-corrected chi connectivity index (χ0v) is 8.74. The van der Waals surface area contributed by atoms with Crippen molar-refractivity contribution in [2.24, 2.45) is 0 Å². The van der Waals surface area contributed by atoms with E-state index in [0.717, 1.165) is 5.33 Å². The van der Waals surface area contributed by atoms with Crippen LogP contribution in [0.25, 0.3) is 0 Å². The Balaban J connectivity index is 0.000000132. The number of aromatic nitrogens is 2. The third kappa shape index (κ3) is 4.48. The van der Waals surface area contributed by atoms with Crippen molar-refractivity contribution in [3.8, 4) is 0 Å². The van der Waals surface area contributed by atoms with Crippen LogP contribution in [0.15, 0.2) is 49.1 Å². The van der Waals surface area contributed by atoms with E-state index in [4.69, 9.17) is 0 Å². The summed E-state index contributed by atoms with van der Waals surface area (Å²) in [6, 6.07) is 7.75. The highest BCUT2D eigenvalue weighted by Crippen LogP contribution is 2.00. The SMILES string of the molecule is BrCc1cc[nH]c1.c1ccncc1. The van der Waals surface area contributed by atoms with E-state index >= 15 is 0 Å². The first-order valence-electron chi connectivity index (χ1n) is 3.96. The van der Waals surface area contributed by atoms with E-state index in [1.54, 1.807) is 12.4 Å². The first kappa shape index (κ1) is 9.99. The maximum atomic E-state index is 3.78. The lowest BCUT2D eigenvalue weighted by Gasteiger charge is -1.76. The van der Waals surface area contributed by atoms with Gasteiger partial charge in [0, 0.05) is 30.1 Å². The minimum Gasteiger partial charge on any atom is -0.367 e. The van der Waals surface area contributed by atoms with Gasteiger partial charge in [0.05, 0.1) is 0 Å². The molecule has 0 spiro atoms. The molecule has 0 radical (unpaired) electrons. The highest BCUT2D eigenvalue weighted by Gasteiger charge is 1.82. The number of nitrogens with zero attached hydrogens (tertiary/aromatic N) is 1. The normalized spacial score (nSPS) is 8.69. The fourth-order valence-corrected chi connectivity index (χ4v) is 1.10. The quantitative estimate of drug-likeness (QED) is 0.761. The van der Waals surface area contributed by atoms with Crippen molar-refractivity contribution in [3.63, 3.8) is 0 Å². The second-order valence-corrected chi connectivity index (χ2v) is 2.94. The summed E-state index contributed by atoms with van der Waals surface area (Å²) in [6.45, 7) is 0. The maximum Gasteiger partial charge on any atom is 0.0297 e. The summed E-state index contributed by atoms with van der Waals surface area (Å²) in [5.41, 5.74) is 1.29. The Hall–Kier alpha value is -1.09. The van der Waals surface area contributed by atoms with Crippen LogP contribution in [0.1, 0.15) is 5.56 Å². The third-order valence-corrected chi connectivity index (χ3v) is 2.03. The molecule has 0 amide bonds. The van der Waals surface area contributed by atoms with Crippen LogP contribution in [0, 0.1) is 0 Å². The van der Waals surface area contributed by atoms with Crippen molar-refractivity contribution < 1.29 is 0 Å². The third-order valence-electron chi connectivity index (χ3n) is 1.38. The molecule has 0 aliphatic rings. The van der Waals surface area contributed by atoms with Crippen molar-refractivity contribution in [1.82, 2.24) is 9.97 Å². The topological polar surface area (TPSA) is 28.7 Å². The number of hydrogen-bond donors (Lipinski definition) is 1. The zero-order chi connectivity index (χ0) is 9.36. The molecule has 0 atom stereocenters. The highest BCUT2D eigenvalue weighted by atomic mass is 79.9. The van der Waals surface area contributed by atoms with E-state index in [1.165, 1.54) is 5.56 Å². The van der Waals surface area contributed by atoms with Gasteiger partial charge in [-0.15, -0.1) is 0 Å². The molecule has 0 saturated heterocycles. The number of nitrogens with one attached hydrogen (secondary N) is 1. The van der Waals surface area contributed by atoms with Gasteiger partial charge in [-0.1, -0.05) is 22.0 Å². The molecule has 0 unspecified atom stereocenters. The molecule has 3 heteroatoms. The van der Waals surface area contributed by atoms with Crippen LogP contribution in [0.3, 0.4) is 0 Å². The van der Waals surface area contributed by atoms with E-state index in [1.807, 2.05) is 36.7 Å². The number of aromatic amines is 1. The van der Waals surface area contributed by atoms with E-state index in [0.29, 0.717) is 0 Å². The van der Waals surface area contributed by atoms with Crippen LogP contribution in [0.2, 0.25) is 0 Å². The molecule has 68 valence electrons. The summed E-state index contributed by atoms with van der Waals surface area (Å²) in [5, 5.41) is 0.941. The summed E-state index contributed by atoms with van der Waals surface area (Å²) in [7, 11) is 0. The molecule has 0 bridgehead atoms. The lowest BCUT2D eigenvalue weighted by Crippen LogP contribution is -1.62. The number of rotatable bonds is 1. The van der Waals surface area contributed by atoms with E-state index in [2.05, 4.69) is 25.9 Å². The van der Waals surface area contributed by atoms with Crippen molar-refractivity contribution in [3.05, 3.63) is 54.6 Å². The molecule has 0 aromatic carbocycles. The number of hydrogen-bond acceptors (Lipinski definition) is 1. The summed E-state index contributed by atoms with van der Waals surface area (Å²) in [4.78, 5) is 6.74. The van der Waals surface area contributed by atoms with Gasteiger partial charge < -0.3 is 4.98 Å². The summed E-state index contributed by atoms with van der Waals surface area (Å²) >= 11 is 3.32. The standard InChI is InChI=1S/C5H6BrN.C5H5N/c6-3-5-1-2-7-4-5;1-2-4-6-5-3-1/h1-2,4,7H,3H2;1-5H. The van der Waals surface area contributed by atoms with Gasteiger partial charge in [0.2, 0.25) is 0 Å². The molecule has 2 aromatic heterocycles. The summed E-state index contributed by atoms with van der Waals surface area (Å²) in [6.07, 6.45) is 7.38. The van der Waals surface area contributed by atoms with Gasteiger partial charge in [0.25, 0.3) is 0 Å². The maximum absolute atomic E-state index is 3.78. The molecule has 0 aliphatic heterocycles. The molecule has 2 heterocycles. The number of pyridine rings is 1. The van der Waals surface area contributed by atoms with E-state index < -0.39 is 0 Å². The van der Waals surface area contributed by atoms with Gasteiger partial charge in [-0.3, -0.25) is 4.98 Å². The second-order valence-electron chi connectivity index (χ2n) is 2.38. The smallest absolute Gasteiger partial charge is 0.0297 e. The minimum atomic E-state index is 0.941. The van der Waals surface area contributed by atoms with Gasteiger partial charge in [-0.2, -0.15) is 0 Å². The average molecular weight is 239 g/mol. The Morgan fingerprint density at radius 1 is 1.23 bits per heavy atom. The molecule has 2 nitrogen and oxygen atoms in total. The fourth-order valence-electron chi connectivity index (χ4n) is 0.754. The lowest BCUT2D eigenvalue weighted by molar-refractivity contribution is 1.33. The molecular formula is C10H11BrN2. The second kappa shape index (κ2) is 6.43. The largest absolute Gasteiger partial charge is 0.367 e. The average Bonchev–Trinajstić information content (AvgIpc) is 2.74. The van der Waals surface area contributed by atoms with Gasteiger partial charge in [0.15, 0.2) is 0 Å². The Morgan fingerprint density at radius 2 is 2.00 bits per heavy atom. The van der Waals surface area contributed by atoms with Crippen molar-refractivity contribution >= 4 is 15.9 Å². The molecule has 1 N–H and O–H groups in total. The van der Waals surface area contributed by atoms with Crippen molar-refractivity contribution in [2.75, 3.05) is 0 Å². The predicted molar refractivity (Wildman–Crippen MR) is 57.7 cm³/mol. The summed E-state index contributed by atoms with van der Waals surface area (Å²) in [5.74, 6) is 0. The van der Waals surface area contributed by atoms with Gasteiger partial charge in [0.1, 0.15) is 0 Å². The molecule has 2 aromatic rings. The van der Waals surface area contributed by atoms with Crippen molar-refractivity contribution in [2.45, 2.75) is 5.33 Å². The Labute approximate surface area is 86.2 Å². The lowest BCUT2D eigenvalue weighted by atomic mass is 10.4. The molecule has 13 heavy (non-hydrogen) atoms. The molecule has 2 rings (SSSR count). The molecule has 0 fully saturated rings. The predicted octanol–water partition coefficient (Wildman–Crippen LogP) is 2.99. The number of alkyl halides is 1. The van der Waals surface area contributed by atoms with Gasteiger partial charge >= 0.3 is 0 Å². The number of halogens is 1. The van der Waals surface area contributed by atoms with E-state index in [9.17, 15) is 0 Å². The zero-order valence-electron chi connectivity index (χ0n) is 7.15. The highest BCUT2D eigenvalue weighted by molar-refractivity contribution is 9.08. The fraction of sp³-hybridized carbons (Fsp3) is 0.100. The van der Waals surface area contributed by atoms with Crippen LogP contribution in [0.4, 0.5) is 0 Å². The van der Waals surface area contributed by atoms with Crippen LogP contribution in [-0.2, 0) is 5.33 Å². The monoisotopic (exact) mass is 238 g/mol. The molecule has 0 saturated carbocycles. The van der Waals surface area contributed by atoms with E-state index in [-0.39, 0.29) is 0 Å². The first-order valence-corrected chi connectivity index (χ1v) is 5.08. The Bertz CT molecular complexity index is 265. The van der Waals surface area contributed by atoms with Gasteiger partial charge in [-0.05, 0) is 23.8 Å². The minimum absolute atomic E-state index is 0.941. The number of H-pyrrole nitrogens is 1. The van der Waals surface area contributed by atoms with Gasteiger partial charge in [-0.25, -0.2) is 0 Å². The van der Waals surface area contributed by atoms with Crippen LogP contribution in [0.5, 0.6) is 0 Å². The Morgan fingerprint density at radius 3 is 2.23 bits per heavy atom. The van der Waals surface area contributed by atoms with Crippen LogP contribution in [-0.4, -0.2) is 9.97 Å². The summed E-state index contributed by atoms with van der Waals surface area (Å²) < 4.78 is 0. The first-order chi connectivity index (χ1) is 6.43. The molecule has 0 aliphatic carbocycles. The van der Waals surface area contributed by atoms with Crippen molar-refractivity contribution in [1.29, 1.82) is 0 Å². The Kier molecular flexibility index (Phi) is 4.94.